The first-order chi connectivity index (χ1) is 7.66. The molecule has 0 aromatic rings. The molecule has 0 amide bonds. The predicted molar refractivity (Wildman–Crippen MR) is 54.9 cm³/mol. The molecular formula is C6H15FO8P2. The topological polar surface area (TPSA) is 123 Å². The Morgan fingerprint density at radius 2 is 1.65 bits per heavy atom. The maximum atomic E-state index is 12.0. The molecule has 0 aromatic carbocycles. The van der Waals surface area contributed by atoms with E-state index in [0.717, 1.165) is 0 Å². The first-order valence-electron chi connectivity index (χ1n) is 4.54. The highest BCUT2D eigenvalue weighted by molar-refractivity contribution is 7.47. The van der Waals surface area contributed by atoms with Crippen LogP contribution in [-0.4, -0.2) is 41.2 Å². The number of phosphoric acid groups is 2. The van der Waals surface area contributed by atoms with Crippen molar-refractivity contribution in [1.29, 1.82) is 0 Å². The van der Waals surface area contributed by atoms with Gasteiger partial charge in [0.05, 0.1) is 26.5 Å². The van der Waals surface area contributed by atoms with E-state index in [1.807, 2.05) is 0 Å². The van der Waals surface area contributed by atoms with Crippen LogP contribution >= 0.6 is 15.6 Å². The van der Waals surface area contributed by atoms with E-state index < -0.39 is 41.5 Å². The lowest BCUT2D eigenvalue weighted by Crippen LogP contribution is -2.09. The van der Waals surface area contributed by atoms with Crippen LogP contribution in [0.5, 0.6) is 0 Å². The second kappa shape index (κ2) is 7.56. The summed E-state index contributed by atoms with van der Waals surface area (Å²) in [6, 6.07) is 0. The Balaban J connectivity index is 3.79. The highest BCUT2D eigenvalue weighted by Crippen LogP contribution is 2.44. The molecule has 0 radical (unpaired) electrons. The largest absolute Gasteiger partial charge is 0.472 e. The van der Waals surface area contributed by atoms with Crippen molar-refractivity contribution in [2.24, 2.45) is 5.92 Å². The SMILES string of the molecule is CC(CF)COP(=O)(O)OCCOP(=O)(O)O. The monoisotopic (exact) mass is 296 g/mol. The molecule has 17 heavy (non-hydrogen) atoms. The third-order valence-electron chi connectivity index (χ3n) is 1.38. The molecule has 0 saturated heterocycles. The molecule has 0 heterocycles. The summed E-state index contributed by atoms with van der Waals surface area (Å²) < 4.78 is 46.0. The van der Waals surface area contributed by atoms with Gasteiger partial charge in [0.15, 0.2) is 0 Å². The molecule has 0 fully saturated rings. The van der Waals surface area contributed by atoms with E-state index in [1.54, 1.807) is 0 Å². The Labute approximate surface area is 97.6 Å². The molecule has 0 aliphatic heterocycles. The van der Waals surface area contributed by atoms with Crippen molar-refractivity contribution in [2.75, 3.05) is 26.5 Å². The molecule has 0 aromatic heterocycles. The second-order valence-electron chi connectivity index (χ2n) is 3.18. The number of halogens is 1. The molecule has 3 N–H and O–H groups in total. The van der Waals surface area contributed by atoms with Crippen LogP contribution in [0.25, 0.3) is 0 Å². The molecule has 0 aliphatic rings. The molecule has 0 spiro atoms. The number of hydrogen-bond acceptors (Lipinski definition) is 5. The highest BCUT2D eigenvalue weighted by atomic mass is 31.2. The molecular weight excluding hydrogens is 281 g/mol. The van der Waals surface area contributed by atoms with E-state index in [1.165, 1.54) is 6.92 Å². The van der Waals surface area contributed by atoms with Crippen molar-refractivity contribution in [2.45, 2.75) is 6.92 Å². The molecule has 0 bridgehead atoms. The van der Waals surface area contributed by atoms with Crippen LogP contribution in [0.4, 0.5) is 4.39 Å². The van der Waals surface area contributed by atoms with Crippen LogP contribution in [0.1, 0.15) is 6.92 Å². The Hall–Kier alpha value is 0.150. The van der Waals surface area contributed by atoms with Gasteiger partial charge in [0.1, 0.15) is 0 Å². The van der Waals surface area contributed by atoms with Gasteiger partial charge in [0.2, 0.25) is 0 Å². The Kier molecular flexibility index (Phi) is 7.62. The normalized spacial score (nSPS) is 17.7. The molecule has 0 saturated carbocycles. The minimum absolute atomic E-state index is 0.302. The van der Waals surface area contributed by atoms with Gasteiger partial charge in [-0.2, -0.15) is 0 Å². The van der Waals surface area contributed by atoms with E-state index in [9.17, 15) is 13.5 Å². The van der Waals surface area contributed by atoms with Crippen LogP contribution in [0, 0.1) is 5.92 Å². The molecule has 11 heteroatoms. The van der Waals surface area contributed by atoms with Gasteiger partial charge in [-0.15, -0.1) is 0 Å². The third kappa shape index (κ3) is 11.0. The van der Waals surface area contributed by atoms with Crippen LogP contribution in [0.3, 0.4) is 0 Å². The first kappa shape index (κ1) is 17.2. The standard InChI is InChI=1S/C6H15FO8P2/c1-6(4-7)5-15-17(11,12)14-3-2-13-16(8,9)10/h6H,2-5H2,1H3,(H,11,12)(H2,8,9,10). The lowest BCUT2D eigenvalue weighted by Gasteiger charge is -2.14. The Morgan fingerprint density at radius 1 is 1.12 bits per heavy atom. The lowest BCUT2D eigenvalue weighted by molar-refractivity contribution is 0.103. The molecule has 2 unspecified atom stereocenters. The second-order valence-corrected chi connectivity index (χ2v) is 5.87. The number of phosphoric ester groups is 2. The van der Waals surface area contributed by atoms with Gasteiger partial charge in [0.25, 0.3) is 0 Å². The van der Waals surface area contributed by atoms with Crippen molar-refractivity contribution in [3.05, 3.63) is 0 Å². The summed E-state index contributed by atoms with van der Waals surface area (Å²) in [4.78, 5) is 25.6. The fraction of sp³-hybridized carbons (Fsp3) is 1.00. The fourth-order valence-corrected chi connectivity index (χ4v) is 1.75. The van der Waals surface area contributed by atoms with Crippen LogP contribution < -0.4 is 0 Å². The maximum absolute atomic E-state index is 12.0. The van der Waals surface area contributed by atoms with Crippen molar-refractivity contribution >= 4 is 15.6 Å². The molecule has 0 rings (SSSR count). The molecule has 0 aliphatic carbocycles. The lowest BCUT2D eigenvalue weighted by atomic mass is 10.2. The van der Waals surface area contributed by atoms with Gasteiger partial charge in [0, 0.05) is 5.92 Å². The van der Waals surface area contributed by atoms with Gasteiger partial charge in [-0.05, 0) is 0 Å². The summed E-state index contributed by atoms with van der Waals surface area (Å²) in [7, 11) is -8.97. The number of alkyl halides is 1. The molecule has 8 nitrogen and oxygen atoms in total. The highest BCUT2D eigenvalue weighted by Gasteiger charge is 2.23. The van der Waals surface area contributed by atoms with Gasteiger partial charge in [-0.25, -0.2) is 9.13 Å². The van der Waals surface area contributed by atoms with Gasteiger partial charge in [-0.1, -0.05) is 6.92 Å². The Bertz CT molecular complexity index is 304. The average Bonchev–Trinajstić information content (AvgIpc) is 2.20. The van der Waals surface area contributed by atoms with Crippen molar-refractivity contribution in [3.8, 4) is 0 Å². The van der Waals surface area contributed by atoms with Crippen molar-refractivity contribution in [3.63, 3.8) is 0 Å². The van der Waals surface area contributed by atoms with Gasteiger partial charge in [-0.3, -0.25) is 18.0 Å². The van der Waals surface area contributed by atoms with Crippen molar-refractivity contribution < 1.29 is 41.8 Å². The summed E-state index contributed by atoms with van der Waals surface area (Å²) in [5.74, 6) is -0.551. The van der Waals surface area contributed by atoms with E-state index >= 15 is 0 Å². The zero-order chi connectivity index (χ0) is 13.5. The average molecular weight is 296 g/mol. The van der Waals surface area contributed by atoms with Crippen LogP contribution in [0.2, 0.25) is 0 Å². The van der Waals surface area contributed by atoms with Crippen molar-refractivity contribution in [1.82, 2.24) is 0 Å². The zero-order valence-corrected chi connectivity index (χ0v) is 10.8. The Morgan fingerprint density at radius 3 is 2.12 bits per heavy atom. The predicted octanol–water partition coefficient (Wildman–Crippen LogP) is 0.835. The smallest absolute Gasteiger partial charge is 0.303 e. The zero-order valence-electron chi connectivity index (χ0n) is 9.06. The summed E-state index contributed by atoms with van der Waals surface area (Å²) >= 11 is 0. The van der Waals surface area contributed by atoms with Crippen LogP contribution in [-0.2, 0) is 22.7 Å². The minimum Gasteiger partial charge on any atom is -0.303 e. The fourth-order valence-electron chi connectivity index (χ4n) is 0.612. The van der Waals surface area contributed by atoms with E-state index in [0.29, 0.717) is 0 Å². The number of rotatable bonds is 9. The molecule has 2 atom stereocenters. The summed E-state index contributed by atoms with van der Waals surface area (Å²) in [6.45, 7) is -0.651. The third-order valence-corrected chi connectivity index (χ3v) is 2.89. The first-order valence-corrected chi connectivity index (χ1v) is 7.57. The summed E-state index contributed by atoms with van der Waals surface area (Å²) in [6.07, 6.45) is 0. The van der Waals surface area contributed by atoms with Gasteiger partial charge >= 0.3 is 15.6 Å². The maximum Gasteiger partial charge on any atom is 0.472 e. The van der Waals surface area contributed by atoms with E-state index in [-0.39, 0.29) is 6.61 Å². The van der Waals surface area contributed by atoms with Crippen LogP contribution in [0.15, 0.2) is 0 Å². The molecule has 104 valence electrons. The van der Waals surface area contributed by atoms with E-state index in [4.69, 9.17) is 14.7 Å². The summed E-state index contributed by atoms with van der Waals surface area (Å²) in [5.41, 5.74) is 0. The number of hydrogen-bond donors (Lipinski definition) is 3. The van der Waals surface area contributed by atoms with Gasteiger partial charge < -0.3 is 14.7 Å². The quantitative estimate of drug-likeness (QED) is 0.422. The van der Waals surface area contributed by atoms with E-state index in [2.05, 4.69) is 13.6 Å². The minimum atomic E-state index is -4.63. The summed E-state index contributed by atoms with van der Waals surface area (Å²) in [5, 5.41) is 0.